The molecule has 0 saturated carbocycles. The largest absolute Gasteiger partial charge is 0.300 e. The normalized spacial score (nSPS) is 12.0. The molecule has 0 saturated heterocycles. The average molecular weight is 1150 g/mol. The van der Waals surface area contributed by atoms with Gasteiger partial charge in [-0.15, -0.1) is 0 Å². The van der Waals surface area contributed by atoms with Gasteiger partial charge in [0, 0.05) is 18.7 Å². The predicted octanol–water partition coefficient (Wildman–Crippen LogP) is 10.4. The van der Waals surface area contributed by atoms with Crippen molar-refractivity contribution in [2.24, 2.45) is 0 Å². The number of nitro groups is 1. The standard InChI is InChI=1S/C12H16O3S.C10H14O2S.C9H11NO4S.C9H20O2S.C7H16O2S.C4H10O2S/c1-9(2)16(14,15)12-6-4-11(5-7-12)8-10(3)13;1-8(2)13(11,12)10-6-4-9(3)5-7-10;1-7(2)15(13,14)9-6-4-3-5-8(9)10(11)12;1-4-5-6-7-8-12(10,11)9(2)3;1-4-5-6-10(8,9)7(2)3;1-4(2)7(3,5)6/h4-7,9H,8H2,1-3H3;4-8H,1-3H3;3-7H,1-2H3;9H,4-8H2,1-3H3;7H,4-6H2,1-3H3;4H,1-3H3. The summed E-state index contributed by atoms with van der Waals surface area (Å²) in [5.41, 5.74) is 1.55. The first kappa shape index (κ1) is 73.7. The Bertz CT molecular complexity index is 2780. The number of ketones is 1. The van der Waals surface area contributed by atoms with E-state index in [0.29, 0.717) is 27.7 Å². The lowest BCUT2D eigenvalue weighted by Crippen LogP contribution is -2.17. The predicted molar refractivity (Wildman–Crippen MR) is 299 cm³/mol. The second-order valence-electron chi connectivity index (χ2n) is 19.0. The summed E-state index contributed by atoms with van der Waals surface area (Å²) in [6, 6.07) is 18.8. The maximum Gasteiger partial charge on any atom is 0.287 e. The molecule has 73 heavy (non-hydrogen) atoms. The molecule has 0 amide bonds. The summed E-state index contributed by atoms with van der Waals surface area (Å²) in [5, 5.41) is 8.54. The van der Waals surface area contributed by atoms with E-state index in [1.807, 2.05) is 26.0 Å². The average Bonchev–Trinajstić information content (AvgIpc) is 3.27. The quantitative estimate of drug-likeness (QED) is 0.0578. The van der Waals surface area contributed by atoms with Crippen LogP contribution in [0.25, 0.3) is 0 Å². The van der Waals surface area contributed by atoms with Gasteiger partial charge in [-0.05, 0) is 146 Å². The molecular formula is C51H87NO15S6. The van der Waals surface area contributed by atoms with E-state index in [1.54, 1.807) is 106 Å². The number of sulfone groups is 6. The number of Topliss-reactive ketones (excluding diaryl/α,β-unsaturated/α-hetero) is 1. The SMILES string of the molecule is CC(=O)Cc1ccc(S(=O)(=O)C(C)C)cc1.CC(C)S(=O)(=O)c1ccccc1[N+](=O)[O-].CC(C)S(C)(=O)=O.CCCCCCS(=O)(=O)C(C)C.CCCCS(=O)(=O)C(C)C.Cc1ccc(S(=O)(=O)C(C)C)cc1. The molecule has 3 aromatic rings. The van der Waals surface area contributed by atoms with E-state index in [1.165, 1.54) is 51.3 Å². The van der Waals surface area contributed by atoms with Crippen molar-refractivity contribution in [3.05, 3.63) is 94.0 Å². The molecule has 0 aliphatic carbocycles. The lowest BCUT2D eigenvalue weighted by Gasteiger charge is -2.08. The zero-order chi connectivity index (χ0) is 57.9. The van der Waals surface area contributed by atoms with Gasteiger partial charge in [0.2, 0.25) is 0 Å². The molecule has 422 valence electrons. The zero-order valence-corrected chi connectivity index (χ0v) is 51.2. The number of nitro benzene ring substituents is 1. The Labute approximate surface area is 441 Å². The molecule has 0 N–H and O–H groups in total. The fraction of sp³-hybridized carbons (Fsp3) is 0.627. The maximum absolute atomic E-state index is 11.8. The van der Waals surface area contributed by atoms with Gasteiger partial charge in [-0.2, -0.15) is 0 Å². The molecule has 0 atom stereocenters. The van der Waals surface area contributed by atoms with Gasteiger partial charge in [0.25, 0.3) is 5.69 Å². The van der Waals surface area contributed by atoms with Gasteiger partial charge in [0.1, 0.15) is 20.5 Å². The molecule has 0 radical (unpaired) electrons. The first-order chi connectivity index (χ1) is 33.1. The minimum atomic E-state index is -3.59. The van der Waals surface area contributed by atoms with Gasteiger partial charge < -0.3 is 0 Å². The van der Waals surface area contributed by atoms with Gasteiger partial charge in [0.15, 0.2) is 49.2 Å². The van der Waals surface area contributed by atoms with Crippen LogP contribution >= 0.6 is 0 Å². The van der Waals surface area contributed by atoms with Crippen molar-refractivity contribution in [2.75, 3.05) is 17.8 Å². The van der Waals surface area contributed by atoms with Crippen LogP contribution in [0.3, 0.4) is 0 Å². The molecule has 16 nitrogen and oxygen atoms in total. The number of unbranched alkanes of at least 4 members (excludes halogenated alkanes) is 4. The van der Waals surface area contributed by atoms with Crippen LogP contribution in [0.5, 0.6) is 0 Å². The molecule has 0 aliphatic rings. The highest BCUT2D eigenvalue weighted by atomic mass is 32.2. The minimum Gasteiger partial charge on any atom is -0.300 e. The molecule has 3 aromatic carbocycles. The number of hydrogen-bond acceptors (Lipinski definition) is 15. The minimum absolute atomic E-state index is 0.0690. The van der Waals surface area contributed by atoms with Crippen molar-refractivity contribution in [1.29, 1.82) is 0 Å². The third-order valence-electron chi connectivity index (χ3n) is 10.6. The van der Waals surface area contributed by atoms with E-state index in [4.69, 9.17) is 0 Å². The summed E-state index contributed by atoms with van der Waals surface area (Å²) in [4.78, 5) is 21.3. The van der Waals surface area contributed by atoms with Crippen LogP contribution < -0.4 is 0 Å². The summed E-state index contributed by atoms with van der Waals surface area (Å²) in [5.74, 6) is 0.783. The molecule has 0 spiro atoms. The Morgan fingerprint density at radius 2 is 0.849 bits per heavy atom. The highest BCUT2D eigenvalue weighted by Gasteiger charge is 2.28. The third kappa shape index (κ3) is 29.4. The molecule has 0 heterocycles. The number of carbonyl (C=O) groups excluding carboxylic acids is 1. The maximum atomic E-state index is 11.8. The molecule has 0 unspecified atom stereocenters. The molecular weight excluding hydrogens is 1060 g/mol. The Balaban J connectivity index is -0.000000819. The Morgan fingerprint density at radius 3 is 1.16 bits per heavy atom. The summed E-state index contributed by atoms with van der Waals surface area (Å²) in [6.07, 6.45) is 7.50. The van der Waals surface area contributed by atoms with Crippen LogP contribution in [0.4, 0.5) is 5.69 Å². The number of benzene rings is 3. The summed E-state index contributed by atoms with van der Waals surface area (Å²) in [6.45, 7) is 27.5. The van der Waals surface area contributed by atoms with Crippen LogP contribution in [0.15, 0.2) is 87.5 Å². The van der Waals surface area contributed by atoms with Crippen molar-refractivity contribution < 1.29 is 60.2 Å². The summed E-state index contributed by atoms with van der Waals surface area (Å²) >= 11 is 0. The fourth-order valence-electron chi connectivity index (χ4n) is 5.01. The van der Waals surface area contributed by atoms with Crippen molar-refractivity contribution in [2.45, 2.75) is 202 Å². The van der Waals surface area contributed by atoms with E-state index in [0.717, 1.165) is 49.7 Å². The van der Waals surface area contributed by atoms with Gasteiger partial charge in [-0.3, -0.25) is 14.9 Å². The Morgan fingerprint density at radius 1 is 0.493 bits per heavy atom. The summed E-state index contributed by atoms with van der Waals surface area (Å²) in [7, 11) is -18.2. The highest BCUT2D eigenvalue weighted by molar-refractivity contribution is 7.93. The third-order valence-corrected chi connectivity index (χ3v) is 23.5. The molecule has 0 fully saturated rings. The van der Waals surface area contributed by atoms with Crippen molar-refractivity contribution in [3.8, 4) is 0 Å². The number of para-hydroxylation sites is 1. The molecule has 0 aliphatic heterocycles. The fourth-order valence-corrected chi connectivity index (χ4v) is 10.6. The first-order valence-corrected chi connectivity index (χ1v) is 34.3. The van der Waals surface area contributed by atoms with Gasteiger partial charge in [0.05, 0.1) is 57.7 Å². The van der Waals surface area contributed by atoms with Crippen LogP contribution in [-0.4, -0.2) is 110 Å². The molecule has 0 bridgehead atoms. The van der Waals surface area contributed by atoms with E-state index in [2.05, 4.69) is 6.92 Å². The Hall–Kier alpha value is -3.57. The molecule has 22 heteroatoms. The number of rotatable bonds is 20. The van der Waals surface area contributed by atoms with Crippen LogP contribution in [0.2, 0.25) is 0 Å². The smallest absolute Gasteiger partial charge is 0.287 e. The van der Waals surface area contributed by atoms with Crippen molar-refractivity contribution >= 4 is 70.5 Å². The molecule has 3 rings (SSSR count). The second-order valence-corrected chi connectivity index (χ2v) is 34.4. The lowest BCUT2D eigenvalue weighted by molar-refractivity contribution is -0.387. The van der Waals surface area contributed by atoms with Crippen LogP contribution in [-0.2, 0) is 70.2 Å². The number of nitrogens with zero attached hydrogens (tertiary/aromatic N) is 1. The number of hydrogen-bond donors (Lipinski definition) is 0. The van der Waals surface area contributed by atoms with E-state index >= 15 is 0 Å². The summed E-state index contributed by atoms with van der Waals surface area (Å²) < 4.78 is 136. The van der Waals surface area contributed by atoms with Crippen molar-refractivity contribution in [1.82, 2.24) is 0 Å². The van der Waals surface area contributed by atoms with Crippen LogP contribution in [0.1, 0.15) is 154 Å². The monoisotopic (exact) mass is 1150 g/mol. The first-order valence-electron chi connectivity index (χ1n) is 24.3. The van der Waals surface area contributed by atoms with E-state index in [-0.39, 0.29) is 37.4 Å². The van der Waals surface area contributed by atoms with Gasteiger partial charge in [-0.1, -0.05) is 81.5 Å². The topological polar surface area (TPSA) is 265 Å². The van der Waals surface area contributed by atoms with Gasteiger partial charge in [-0.25, -0.2) is 50.5 Å². The number of aryl methyl sites for hydroxylation is 1. The lowest BCUT2D eigenvalue weighted by atomic mass is 10.1. The van der Waals surface area contributed by atoms with Crippen molar-refractivity contribution in [3.63, 3.8) is 0 Å². The number of carbonyl (C=O) groups is 1. The highest BCUT2D eigenvalue weighted by Crippen LogP contribution is 2.26. The molecule has 0 aromatic heterocycles. The zero-order valence-electron chi connectivity index (χ0n) is 46.3. The van der Waals surface area contributed by atoms with E-state index < -0.39 is 74.4 Å². The second kappa shape index (κ2) is 34.2. The van der Waals surface area contributed by atoms with Crippen LogP contribution in [0, 0.1) is 17.0 Å². The van der Waals surface area contributed by atoms with E-state index in [9.17, 15) is 65.4 Å². The Kier molecular flexibility index (Phi) is 34.5. The van der Waals surface area contributed by atoms with Gasteiger partial charge >= 0.3 is 0 Å².